The second kappa shape index (κ2) is 17.5. The van der Waals surface area contributed by atoms with E-state index >= 15 is 0 Å². The van der Waals surface area contributed by atoms with Gasteiger partial charge in [-0.25, -0.2) is 0 Å². The van der Waals surface area contributed by atoms with Crippen molar-refractivity contribution >= 4 is 109 Å². The van der Waals surface area contributed by atoms with Gasteiger partial charge in [-0.3, -0.25) is 0 Å². The van der Waals surface area contributed by atoms with Crippen molar-refractivity contribution < 1.29 is 4.42 Å². The van der Waals surface area contributed by atoms with Gasteiger partial charge in [0.15, 0.2) is 0 Å². The van der Waals surface area contributed by atoms with Gasteiger partial charge in [-0.1, -0.05) is 196 Å². The molecule has 1 aliphatic rings. The first kappa shape index (κ1) is 47.4. The van der Waals surface area contributed by atoms with Crippen LogP contribution in [0.15, 0.2) is 283 Å². The Morgan fingerprint density at radius 2 is 0.721 bits per heavy atom. The van der Waals surface area contributed by atoms with E-state index in [1.54, 1.807) is 0 Å². The number of rotatable bonds is 6. The molecule has 0 saturated heterocycles. The smallest absolute Gasteiger partial charge is 0.143 e. The fourth-order valence-electron chi connectivity index (χ4n) is 15.6. The molecule has 402 valence electrons. The van der Waals surface area contributed by atoms with Crippen LogP contribution in [0.1, 0.15) is 25.0 Å². The summed E-state index contributed by atoms with van der Waals surface area (Å²) in [6, 6.07) is 103. The van der Waals surface area contributed by atoms with Gasteiger partial charge in [-0.05, 0) is 136 Å². The predicted molar refractivity (Wildman–Crippen MR) is 360 cm³/mol. The Morgan fingerprint density at radius 3 is 1.35 bits per heavy atom. The average Bonchev–Trinajstić information content (AvgIpc) is 1.76. The van der Waals surface area contributed by atoms with E-state index in [-0.39, 0.29) is 5.41 Å². The first-order valence-electron chi connectivity index (χ1n) is 29.8. The summed E-state index contributed by atoms with van der Waals surface area (Å²) in [6.07, 6.45) is 0. The van der Waals surface area contributed by atoms with Crippen LogP contribution in [-0.2, 0) is 5.41 Å². The third-order valence-electron chi connectivity index (χ3n) is 19.1. The number of aromatic nitrogens is 4. The Bertz CT molecular complexity index is 5900. The molecular weight excluding hydrogens is 1040 g/mol. The van der Waals surface area contributed by atoms with Crippen molar-refractivity contribution in [1.82, 2.24) is 18.3 Å². The molecule has 0 aliphatic heterocycles. The molecule has 5 aromatic heterocycles. The summed E-state index contributed by atoms with van der Waals surface area (Å²) in [4.78, 5) is 0. The highest BCUT2D eigenvalue weighted by molar-refractivity contribution is 6.31. The molecule has 5 nitrogen and oxygen atoms in total. The maximum atomic E-state index is 7.03. The molecule has 1 aliphatic carbocycles. The minimum atomic E-state index is -0.182. The molecule has 0 atom stereocenters. The maximum absolute atomic E-state index is 7.03. The molecule has 0 radical (unpaired) electrons. The molecule has 0 fully saturated rings. The molecule has 0 bridgehead atoms. The third-order valence-corrected chi connectivity index (χ3v) is 19.1. The summed E-state index contributed by atoms with van der Waals surface area (Å²) in [6.45, 7) is 4.78. The molecule has 0 unspecified atom stereocenters. The van der Waals surface area contributed by atoms with Crippen molar-refractivity contribution in [3.05, 3.63) is 290 Å². The summed E-state index contributed by atoms with van der Waals surface area (Å²) < 4.78 is 16.9. The average molecular weight is 1100 g/mol. The Labute approximate surface area is 494 Å². The van der Waals surface area contributed by atoms with E-state index < -0.39 is 0 Å². The zero-order valence-corrected chi connectivity index (χ0v) is 47.3. The standard InChI is InChI=1S/C81H52N4O/c1-81(2)63-32-13-9-24-56(63)57-30-18-36-71(79(57)81)85-66-35-16-12-27-60(66)77-70(85)47-46-69-78(77)61-43-40-50(48-72(61)84(69)52-22-7-4-8-23-52)54-28-19-37-73-74(54)62-31-17-29-55(80(62)86-73)49-38-41-53(42-39-49)83-65-34-15-11-26-59(65)76-68(83)45-44-67-75(76)58-25-10-14-33-64(58)82(67)51-20-5-3-6-21-51/h3-48H,1-2H3. The molecule has 19 rings (SSSR count). The van der Waals surface area contributed by atoms with Crippen LogP contribution in [0.3, 0.4) is 0 Å². The number of hydrogen-bond acceptors (Lipinski definition) is 1. The maximum Gasteiger partial charge on any atom is 0.143 e. The minimum Gasteiger partial charge on any atom is -0.455 e. The lowest BCUT2D eigenvalue weighted by atomic mass is 9.81. The van der Waals surface area contributed by atoms with E-state index in [1.807, 2.05) is 0 Å². The Kier molecular flexibility index (Phi) is 9.61. The summed E-state index contributed by atoms with van der Waals surface area (Å²) in [5.41, 5.74) is 25.5. The highest BCUT2D eigenvalue weighted by Gasteiger charge is 2.38. The lowest BCUT2D eigenvalue weighted by Gasteiger charge is -2.25. The zero-order chi connectivity index (χ0) is 56.5. The van der Waals surface area contributed by atoms with Gasteiger partial charge >= 0.3 is 0 Å². The van der Waals surface area contributed by atoms with Crippen molar-refractivity contribution in [2.75, 3.05) is 0 Å². The van der Waals surface area contributed by atoms with Crippen molar-refractivity contribution in [1.29, 1.82) is 0 Å². The van der Waals surface area contributed by atoms with E-state index in [9.17, 15) is 0 Å². The number of furan rings is 1. The van der Waals surface area contributed by atoms with Crippen molar-refractivity contribution in [2.45, 2.75) is 19.3 Å². The van der Waals surface area contributed by atoms with Crippen LogP contribution in [0, 0.1) is 0 Å². The first-order valence-corrected chi connectivity index (χ1v) is 29.8. The van der Waals surface area contributed by atoms with Gasteiger partial charge in [-0.15, -0.1) is 0 Å². The SMILES string of the molecule is CC1(C)c2ccccc2-c2cccc(-n3c4ccccc4c4c5c6ccc(-c7cccc8oc9c(-c%10ccc(-n%11c%12ccccc%12c%12c%13c%14ccccc%14n(-c%14ccccc%14)c%13ccc%12%11)cc%10)cccc9c78)cc6n(-c6ccccc6)c5ccc43)c21. The van der Waals surface area contributed by atoms with E-state index in [0.717, 1.165) is 66.8 Å². The van der Waals surface area contributed by atoms with Gasteiger partial charge in [0.05, 0.1) is 49.8 Å². The molecule has 5 heterocycles. The molecule has 0 N–H and O–H groups in total. The highest BCUT2D eigenvalue weighted by Crippen LogP contribution is 2.53. The number of benzene rings is 13. The van der Waals surface area contributed by atoms with Gasteiger partial charge in [-0.2, -0.15) is 0 Å². The second-order valence-corrected chi connectivity index (χ2v) is 23.9. The summed E-state index contributed by atoms with van der Waals surface area (Å²) in [5, 5.41) is 12.2. The third kappa shape index (κ3) is 6.33. The monoisotopic (exact) mass is 1100 g/mol. The predicted octanol–water partition coefficient (Wildman–Crippen LogP) is 21.6. The second-order valence-electron chi connectivity index (χ2n) is 23.9. The van der Waals surface area contributed by atoms with Crippen LogP contribution in [-0.4, -0.2) is 18.3 Å². The molecule has 0 amide bonds. The largest absolute Gasteiger partial charge is 0.455 e. The molecule has 86 heavy (non-hydrogen) atoms. The Hall–Kier alpha value is -11.1. The first-order chi connectivity index (χ1) is 42.5. The molecule has 0 spiro atoms. The zero-order valence-electron chi connectivity index (χ0n) is 47.3. The van der Waals surface area contributed by atoms with Crippen LogP contribution in [0.5, 0.6) is 0 Å². The number of fused-ring (bicyclic) bond motifs is 20. The minimum absolute atomic E-state index is 0.182. The molecule has 0 saturated carbocycles. The number of hydrogen-bond donors (Lipinski definition) is 0. The van der Waals surface area contributed by atoms with E-state index in [4.69, 9.17) is 4.42 Å². The summed E-state index contributed by atoms with van der Waals surface area (Å²) in [7, 11) is 0. The quantitative estimate of drug-likeness (QED) is 0.163. The fraction of sp³-hybridized carbons (Fsp3) is 0.0370. The van der Waals surface area contributed by atoms with Gasteiger partial charge in [0.25, 0.3) is 0 Å². The highest BCUT2D eigenvalue weighted by atomic mass is 16.3. The summed E-state index contributed by atoms with van der Waals surface area (Å²) in [5.74, 6) is 0. The summed E-state index contributed by atoms with van der Waals surface area (Å²) >= 11 is 0. The van der Waals surface area contributed by atoms with Crippen molar-refractivity contribution in [2.24, 2.45) is 0 Å². The van der Waals surface area contributed by atoms with Gasteiger partial charge in [0.1, 0.15) is 11.2 Å². The normalized spacial score (nSPS) is 13.1. The van der Waals surface area contributed by atoms with Crippen molar-refractivity contribution in [3.63, 3.8) is 0 Å². The fourth-order valence-corrected chi connectivity index (χ4v) is 15.6. The molecule has 18 aromatic rings. The van der Waals surface area contributed by atoms with Crippen molar-refractivity contribution in [3.8, 4) is 56.1 Å². The van der Waals surface area contributed by atoms with Crippen LogP contribution >= 0.6 is 0 Å². The topological polar surface area (TPSA) is 32.9 Å². The van der Waals surface area contributed by atoms with E-state index in [2.05, 4.69) is 311 Å². The Balaban J connectivity index is 0.760. The van der Waals surface area contributed by atoms with Crippen LogP contribution < -0.4 is 0 Å². The Morgan fingerprint density at radius 1 is 0.279 bits per heavy atom. The van der Waals surface area contributed by atoms with Crippen LogP contribution in [0.4, 0.5) is 0 Å². The van der Waals surface area contributed by atoms with Crippen LogP contribution in [0.2, 0.25) is 0 Å². The van der Waals surface area contributed by atoms with Gasteiger partial charge in [0, 0.05) is 81.9 Å². The molecule has 5 heteroatoms. The number of para-hydroxylation sites is 6. The lowest BCUT2D eigenvalue weighted by molar-refractivity contribution is 0.656. The lowest BCUT2D eigenvalue weighted by Crippen LogP contribution is -2.17. The van der Waals surface area contributed by atoms with E-state index in [0.29, 0.717) is 0 Å². The van der Waals surface area contributed by atoms with Gasteiger partial charge < -0.3 is 22.7 Å². The molecule has 13 aromatic carbocycles. The number of nitrogens with zero attached hydrogens (tertiary/aromatic N) is 4. The van der Waals surface area contributed by atoms with E-state index in [1.165, 1.54) is 110 Å². The van der Waals surface area contributed by atoms with Crippen LogP contribution in [0.25, 0.3) is 165 Å². The molecular formula is C81H52N4O. The van der Waals surface area contributed by atoms with Gasteiger partial charge in [0.2, 0.25) is 0 Å².